The summed E-state index contributed by atoms with van der Waals surface area (Å²) >= 11 is 0. The summed E-state index contributed by atoms with van der Waals surface area (Å²) in [5.74, 6) is -0.0661. The Morgan fingerprint density at radius 2 is 1.48 bits per heavy atom. The lowest BCUT2D eigenvalue weighted by molar-refractivity contribution is -0.187. The zero-order valence-corrected chi connectivity index (χ0v) is 13.1. The van der Waals surface area contributed by atoms with Gasteiger partial charge in [0.15, 0.2) is 0 Å². The average Bonchev–Trinajstić information content (AvgIpc) is 2.48. The van der Waals surface area contributed by atoms with Crippen molar-refractivity contribution in [1.82, 2.24) is 0 Å². The third-order valence-electron chi connectivity index (χ3n) is 6.45. The molecule has 3 aliphatic carbocycles. The summed E-state index contributed by atoms with van der Waals surface area (Å²) in [7, 11) is 0. The predicted molar refractivity (Wildman–Crippen MR) is 81.9 cm³/mol. The second-order valence-electron chi connectivity index (χ2n) is 7.72. The topological polar surface area (TPSA) is 57.5 Å². The van der Waals surface area contributed by atoms with Crippen molar-refractivity contribution in [1.29, 1.82) is 0 Å². The molecule has 21 heavy (non-hydrogen) atoms. The van der Waals surface area contributed by atoms with Crippen molar-refractivity contribution in [3.05, 3.63) is 0 Å². The van der Waals surface area contributed by atoms with Gasteiger partial charge in [-0.2, -0.15) is 0 Å². The number of ketones is 1. The summed E-state index contributed by atoms with van der Waals surface area (Å²) in [6.07, 6.45) is 12.0. The van der Waals surface area contributed by atoms with Gasteiger partial charge in [-0.1, -0.05) is 38.5 Å². The van der Waals surface area contributed by atoms with Crippen LogP contribution in [-0.4, -0.2) is 27.2 Å². The number of hydrogen-bond acceptors (Lipinski definition) is 3. The van der Waals surface area contributed by atoms with Crippen LogP contribution in [0.3, 0.4) is 0 Å². The predicted octanol–water partition coefficient (Wildman–Crippen LogP) is 3.36. The molecule has 3 fully saturated rings. The van der Waals surface area contributed by atoms with Gasteiger partial charge in [0.1, 0.15) is 5.78 Å². The minimum atomic E-state index is -0.943. The van der Waals surface area contributed by atoms with E-state index in [2.05, 4.69) is 0 Å². The van der Waals surface area contributed by atoms with E-state index in [1.165, 1.54) is 6.42 Å². The Balaban J connectivity index is 1.87. The molecule has 0 unspecified atom stereocenters. The quantitative estimate of drug-likeness (QED) is 0.821. The van der Waals surface area contributed by atoms with Crippen LogP contribution in [0.2, 0.25) is 0 Å². The number of rotatable bonds is 2. The van der Waals surface area contributed by atoms with Crippen LogP contribution < -0.4 is 0 Å². The lowest BCUT2D eigenvalue weighted by Gasteiger charge is -2.53. The molecule has 0 heterocycles. The first-order valence-electron chi connectivity index (χ1n) is 9.04. The fourth-order valence-corrected chi connectivity index (χ4v) is 5.36. The molecule has 0 aliphatic heterocycles. The highest BCUT2D eigenvalue weighted by atomic mass is 16.3. The SMILES string of the molecule is O=C1CCCC[C@H]1[C@]1(O)CCCC[C@H]1C1(O)CCCCC1. The molecular weight excluding hydrogens is 264 g/mol. The van der Waals surface area contributed by atoms with Crippen LogP contribution in [0.1, 0.15) is 83.5 Å². The number of carbonyl (C=O) groups excluding carboxylic acids is 1. The van der Waals surface area contributed by atoms with Gasteiger partial charge in [0.2, 0.25) is 0 Å². The highest BCUT2D eigenvalue weighted by molar-refractivity contribution is 5.83. The van der Waals surface area contributed by atoms with E-state index >= 15 is 0 Å². The van der Waals surface area contributed by atoms with Crippen molar-refractivity contribution >= 4 is 5.78 Å². The van der Waals surface area contributed by atoms with E-state index in [0.717, 1.165) is 64.2 Å². The molecule has 0 aromatic heterocycles. The van der Waals surface area contributed by atoms with Gasteiger partial charge >= 0.3 is 0 Å². The zero-order valence-electron chi connectivity index (χ0n) is 13.1. The summed E-state index contributed by atoms with van der Waals surface area (Å²) < 4.78 is 0. The van der Waals surface area contributed by atoms with E-state index in [1.807, 2.05) is 0 Å². The van der Waals surface area contributed by atoms with Gasteiger partial charge in [0.05, 0.1) is 11.2 Å². The number of hydrogen-bond donors (Lipinski definition) is 2. The standard InChI is InChI=1S/C18H30O3/c19-15-9-3-2-8-14(15)18(21)13-7-4-10-16(18)17(20)11-5-1-6-12-17/h14,16,20-21H,1-13H2/t14-,16+,18-/m1/s1. The summed E-state index contributed by atoms with van der Waals surface area (Å²) in [4.78, 5) is 12.4. The second kappa shape index (κ2) is 6.00. The molecule has 120 valence electrons. The van der Waals surface area contributed by atoms with E-state index in [0.29, 0.717) is 12.8 Å². The minimum Gasteiger partial charge on any atom is -0.389 e. The number of aliphatic hydroxyl groups is 2. The van der Waals surface area contributed by atoms with Gasteiger partial charge in [0.25, 0.3) is 0 Å². The highest BCUT2D eigenvalue weighted by Gasteiger charge is 2.55. The van der Waals surface area contributed by atoms with Crippen LogP contribution in [-0.2, 0) is 4.79 Å². The van der Waals surface area contributed by atoms with Crippen molar-refractivity contribution in [2.75, 3.05) is 0 Å². The number of carbonyl (C=O) groups is 1. The minimum absolute atomic E-state index is 0.0916. The van der Waals surface area contributed by atoms with Crippen molar-refractivity contribution in [3.63, 3.8) is 0 Å². The van der Waals surface area contributed by atoms with E-state index in [4.69, 9.17) is 0 Å². The van der Waals surface area contributed by atoms with Gasteiger partial charge in [-0.25, -0.2) is 0 Å². The normalized spacial score (nSPS) is 41.0. The summed E-state index contributed by atoms with van der Waals surface area (Å²) in [5.41, 5.74) is -1.67. The first kappa shape index (κ1) is 15.5. The van der Waals surface area contributed by atoms with Crippen molar-refractivity contribution in [3.8, 4) is 0 Å². The van der Waals surface area contributed by atoms with Crippen molar-refractivity contribution in [2.45, 2.75) is 94.7 Å². The van der Waals surface area contributed by atoms with Crippen molar-refractivity contribution in [2.24, 2.45) is 11.8 Å². The van der Waals surface area contributed by atoms with E-state index < -0.39 is 11.2 Å². The van der Waals surface area contributed by atoms with Crippen LogP contribution in [0, 0.1) is 11.8 Å². The molecule has 0 amide bonds. The van der Waals surface area contributed by atoms with Crippen LogP contribution in [0.25, 0.3) is 0 Å². The molecule has 0 aromatic carbocycles. The molecule has 3 saturated carbocycles. The first-order chi connectivity index (χ1) is 10.1. The summed E-state index contributed by atoms with van der Waals surface area (Å²) in [6, 6.07) is 0. The van der Waals surface area contributed by atoms with E-state index in [1.54, 1.807) is 0 Å². The summed E-state index contributed by atoms with van der Waals surface area (Å²) in [5, 5.41) is 22.6. The second-order valence-corrected chi connectivity index (χ2v) is 7.72. The summed E-state index contributed by atoms with van der Waals surface area (Å²) in [6.45, 7) is 0. The fraction of sp³-hybridized carbons (Fsp3) is 0.944. The van der Waals surface area contributed by atoms with Gasteiger partial charge in [-0.15, -0.1) is 0 Å². The maximum atomic E-state index is 12.4. The zero-order chi connectivity index (χ0) is 14.9. The van der Waals surface area contributed by atoms with E-state index in [9.17, 15) is 15.0 Å². The van der Waals surface area contributed by atoms with Gasteiger partial charge in [-0.05, 0) is 38.5 Å². The Morgan fingerprint density at radius 3 is 2.19 bits per heavy atom. The number of Topliss-reactive ketones (excluding diaryl/α,β-unsaturated/α-hetero) is 1. The molecule has 3 rings (SSSR count). The van der Waals surface area contributed by atoms with E-state index in [-0.39, 0.29) is 17.6 Å². The molecule has 0 bridgehead atoms. The average molecular weight is 294 g/mol. The van der Waals surface area contributed by atoms with Crippen molar-refractivity contribution < 1.29 is 15.0 Å². The maximum absolute atomic E-state index is 12.4. The largest absolute Gasteiger partial charge is 0.389 e. The molecule has 3 nitrogen and oxygen atoms in total. The van der Waals surface area contributed by atoms with Crippen LogP contribution in [0.15, 0.2) is 0 Å². The first-order valence-corrected chi connectivity index (χ1v) is 9.04. The van der Waals surface area contributed by atoms with Crippen LogP contribution in [0.4, 0.5) is 0 Å². The maximum Gasteiger partial charge on any atom is 0.138 e. The Kier molecular flexibility index (Phi) is 4.42. The Hall–Kier alpha value is -0.410. The third-order valence-corrected chi connectivity index (χ3v) is 6.45. The monoisotopic (exact) mass is 294 g/mol. The van der Waals surface area contributed by atoms with Gasteiger partial charge < -0.3 is 10.2 Å². The Morgan fingerprint density at radius 1 is 0.810 bits per heavy atom. The lowest BCUT2D eigenvalue weighted by atomic mass is 9.57. The van der Waals surface area contributed by atoms with Gasteiger partial charge in [0, 0.05) is 18.3 Å². The lowest BCUT2D eigenvalue weighted by Crippen LogP contribution is -2.59. The molecular formula is C18H30O3. The highest BCUT2D eigenvalue weighted by Crippen LogP contribution is 2.51. The molecule has 0 spiro atoms. The Labute approximate surface area is 128 Å². The smallest absolute Gasteiger partial charge is 0.138 e. The fourth-order valence-electron chi connectivity index (χ4n) is 5.36. The molecule has 3 aliphatic rings. The molecule has 0 radical (unpaired) electrons. The molecule has 3 heteroatoms. The van der Waals surface area contributed by atoms with Crippen LogP contribution >= 0.6 is 0 Å². The van der Waals surface area contributed by atoms with Crippen LogP contribution in [0.5, 0.6) is 0 Å². The molecule has 3 atom stereocenters. The molecule has 0 saturated heterocycles. The third kappa shape index (κ3) is 2.79. The van der Waals surface area contributed by atoms with Gasteiger partial charge in [-0.3, -0.25) is 4.79 Å². The molecule has 2 N–H and O–H groups in total. The Bertz CT molecular complexity index is 386. The molecule has 0 aromatic rings.